The number of nitrogens with two attached hydrogens (primary N) is 1. The summed E-state index contributed by atoms with van der Waals surface area (Å²) >= 11 is 0. The van der Waals surface area contributed by atoms with E-state index in [2.05, 4.69) is 20.5 Å². The number of methoxy groups -OCH3 is 1. The average molecular weight is 491 g/mol. The monoisotopic (exact) mass is 490 g/mol. The molecule has 2 aromatic carbocycles. The highest BCUT2D eigenvalue weighted by Crippen LogP contribution is 2.26. The van der Waals surface area contributed by atoms with Crippen LogP contribution in [-0.4, -0.2) is 42.8 Å². The van der Waals surface area contributed by atoms with E-state index in [9.17, 15) is 14.4 Å². The first-order chi connectivity index (χ1) is 17.4. The molecule has 2 heterocycles. The standard InChI is InChI=1S/C24H26N8O4/c1-3-4-12-30-21(25)20(22(33)27-24(30)35)31(14-17-8-5-6-11-19(17)36-2)23(34)16-9-7-10-18(13-16)32-15-26-28-29-32/h5-11,13,15H,3-4,12,14,25H2,1-2H3,(H,27,33,35). The second-order valence-electron chi connectivity index (χ2n) is 8.01. The Morgan fingerprint density at radius 2 is 1.97 bits per heavy atom. The van der Waals surface area contributed by atoms with Crippen LogP contribution in [-0.2, 0) is 13.1 Å². The summed E-state index contributed by atoms with van der Waals surface area (Å²) in [6, 6.07) is 13.8. The van der Waals surface area contributed by atoms with Gasteiger partial charge in [-0.2, -0.15) is 0 Å². The predicted octanol–water partition coefficient (Wildman–Crippen LogP) is 1.75. The van der Waals surface area contributed by atoms with E-state index in [0.29, 0.717) is 30.0 Å². The number of hydrogen-bond donors (Lipinski definition) is 2. The molecule has 0 saturated carbocycles. The molecule has 0 aliphatic carbocycles. The summed E-state index contributed by atoms with van der Waals surface area (Å²) in [4.78, 5) is 43.0. The van der Waals surface area contributed by atoms with E-state index in [1.54, 1.807) is 48.5 Å². The van der Waals surface area contributed by atoms with Crippen LogP contribution >= 0.6 is 0 Å². The smallest absolute Gasteiger partial charge is 0.330 e. The molecule has 12 nitrogen and oxygen atoms in total. The van der Waals surface area contributed by atoms with Crippen LogP contribution in [0.3, 0.4) is 0 Å². The fraction of sp³-hybridized carbons (Fsp3) is 0.250. The summed E-state index contributed by atoms with van der Waals surface area (Å²) in [5, 5.41) is 11.1. The highest BCUT2D eigenvalue weighted by atomic mass is 16.5. The Bertz CT molecular complexity index is 1480. The van der Waals surface area contributed by atoms with Crippen molar-refractivity contribution in [3.8, 4) is 11.4 Å². The van der Waals surface area contributed by atoms with Crippen molar-refractivity contribution in [1.29, 1.82) is 0 Å². The van der Waals surface area contributed by atoms with Gasteiger partial charge in [-0.25, -0.2) is 9.48 Å². The van der Waals surface area contributed by atoms with Gasteiger partial charge in [0.2, 0.25) is 0 Å². The molecule has 1 amide bonds. The molecule has 0 radical (unpaired) electrons. The Kier molecular flexibility index (Phi) is 7.23. The zero-order chi connectivity index (χ0) is 25.7. The molecule has 12 heteroatoms. The topological polar surface area (TPSA) is 154 Å². The van der Waals surface area contributed by atoms with Gasteiger partial charge in [-0.1, -0.05) is 37.6 Å². The molecule has 0 aliphatic rings. The number of anilines is 2. The summed E-state index contributed by atoms with van der Waals surface area (Å²) in [6.45, 7) is 2.25. The average Bonchev–Trinajstić information content (AvgIpc) is 3.43. The van der Waals surface area contributed by atoms with Gasteiger partial charge >= 0.3 is 5.69 Å². The highest BCUT2D eigenvalue weighted by molar-refractivity contribution is 6.07. The van der Waals surface area contributed by atoms with Crippen molar-refractivity contribution < 1.29 is 9.53 Å². The molecule has 36 heavy (non-hydrogen) atoms. The van der Waals surface area contributed by atoms with E-state index in [4.69, 9.17) is 10.5 Å². The number of carbonyl (C=O) groups excluding carboxylic acids is 1. The number of amides is 1. The van der Waals surface area contributed by atoms with Gasteiger partial charge in [-0.3, -0.25) is 24.0 Å². The van der Waals surface area contributed by atoms with Gasteiger partial charge in [-0.05, 0) is 41.1 Å². The fourth-order valence-corrected chi connectivity index (χ4v) is 3.85. The number of aromatic nitrogens is 6. The number of unbranched alkanes of at least 4 members (excludes halogenated alkanes) is 1. The van der Waals surface area contributed by atoms with Crippen LogP contribution in [0.4, 0.5) is 11.5 Å². The Hall–Kier alpha value is -4.74. The van der Waals surface area contributed by atoms with Crippen LogP contribution in [0.5, 0.6) is 5.75 Å². The number of aromatic amines is 1. The van der Waals surface area contributed by atoms with Gasteiger partial charge < -0.3 is 10.5 Å². The lowest BCUT2D eigenvalue weighted by molar-refractivity contribution is 0.0984. The number of benzene rings is 2. The molecule has 186 valence electrons. The zero-order valence-corrected chi connectivity index (χ0v) is 19.9. The van der Waals surface area contributed by atoms with Gasteiger partial charge in [-0.15, -0.1) is 5.10 Å². The van der Waals surface area contributed by atoms with Crippen molar-refractivity contribution in [2.24, 2.45) is 0 Å². The van der Waals surface area contributed by atoms with Crippen LogP contribution in [0.25, 0.3) is 5.69 Å². The van der Waals surface area contributed by atoms with Gasteiger partial charge in [0, 0.05) is 17.7 Å². The maximum atomic E-state index is 13.9. The Morgan fingerprint density at radius 1 is 1.17 bits per heavy atom. The van der Waals surface area contributed by atoms with E-state index in [1.807, 2.05) is 6.92 Å². The second kappa shape index (κ2) is 10.7. The number of nitrogens with one attached hydrogen (secondary N) is 1. The number of para-hydroxylation sites is 1. The minimum Gasteiger partial charge on any atom is -0.496 e. The predicted molar refractivity (Wildman–Crippen MR) is 133 cm³/mol. The molecule has 4 rings (SSSR count). The quantitative estimate of drug-likeness (QED) is 0.360. The molecule has 0 spiro atoms. The zero-order valence-electron chi connectivity index (χ0n) is 19.9. The molecule has 0 bridgehead atoms. The number of hydrogen-bond acceptors (Lipinski definition) is 8. The van der Waals surface area contributed by atoms with E-state index >= 15 is 0 Å². The molecule has 2 aromatic heterocycles. The van der Waals surface area contributed by atoms with Crippen LogP contribution in [0.15, 0.2) is 64.4 Å². The number of nitrogens with zero attached hydrogens (tertiary/aromatic N) is 6. The number of rotatable bonds is 9. The second-order valence-corrected chi connectivity index (χ2v) is 8.01. The Balaban J connectivity index is 1.86. The third-order valence-corrected chi connectivity index (χ3v) is 5.69. The molecule has 0 aliphatic heterocycles. The number of ether oxygens (including phenoxy) is 1. The summed E-state index contributed by atoms with van der Waals surface area (Å²) in [5.74, 6) is -0.0576. The van der Waals surface area contributed by atoms with Crippen LogP contribution in [0.2, 0.25) is 0 Å². The first-order valence-electron chi connectivity index (χ1n) is 11.3. The van der Waals surface area contributed by atoms with Gasteiger partial charge in [0.1, 0.15) is 17.9 Å². The minimum atomic E-state index is -0.759. The molecule has 4 aromatic rings. The molecular formula is C24H26N8O4. The molecule has 3 N–H and O–H groups in total. The summed E-state index contributed by atoms with van der Waals surface area (Å²) in [6.07, 6.45) is 2.89. The number of nitrogen functional groups attached to an aromatic ring is 1. The van der Waals surface area contributed by atoms with Crippen molar-refractivity contribution in [3.05, 3.63) is 86.8 Å². The Morgan fingerprint density at radius 3 is 2.69 bits per heavy atom. The van der Waals surface area contributed by atoms with E-state index < -0.39 is 17.2 Å². The molecular weight excluding hydrogens is 464 g/mol. The normalized spacial score (nSPS) is 10.8. The lowest BCUT2D eigenvalue weighted by Crippen LogP contribution is -2.41. The number of carbonyl (C=O) groups is 1. The fourth-order valence-electron chi connectivity index (χ4n) is 3.85. The van der Waals surface area contributed by atoms with Crippen molar-refractivity contribution in [3.63, 3.8) is 0 Å². The third-order valence-electron chi connectivity index (χ3n) is 5.69. The first kappa shape index (κ1) is 24.4. The first-order valence-corrected chi connectivity index (χ1v) is 11.3. The van der Waals surface area contributed by atoms with Crippen molar-refractivity contribution >= 4 is 17.4 Å². The summed E-state index contributed by atoms with van der Waals surface area (Å²) < 4.78 is 8.14. The lowest BCUT2D eigenvalue weighted by Gasteiger charge is -2.25. The maximum absolute atomic E-state index is 13.9. The molecule has 0 saturated heterocycles. The summed E-state index contributed by atoms with van der Waals surface area (Å²) in [7, 11) is 1.52. The Labute approximate surface area is 205 Å². The van der Waals surface area contributed by atoms with Gasteiger partial charge in [0.25, 0.3) is 11.5 Å². The van der Waals surface area contributed by atoms with E-state index in [-0.39, 0.29) is 23.6 Å². The molecule has 0 fully saturated rings. The minimum absolute atomic E-state index is 0.0305. The largest absolute Gasteiger partial charge is 0.496 e. The number of H-pyrrole nitrogens is 1. The SMILES string of the molecule is CCCCn1c(N)c(N(Cc2ccccc2OC)C(=O)c2cccc(-n3cnnn3)c2)c(=O)[nH]c1=O. The number of tetrazole rings is 1. The molecule has 0 atom stereocenters. The lowest BCUT2D eigenvalue weighted by atomic mass is 10.1. The van der Waals surface area contributed by atoms with Crippen molar-refractivity contribution in [1.82, 2.24) is 29.8 Å². The van der Waals surface area contributed by atoms with E-state index in [1.165, 1.54) is 27.6 Å². The van der Waals surface area contributed by atoms with Crippen molar-refractivity contribution in [2.45, 2.75) is 32.9 Å². The van der Waals surface area contributed by atoms with Gasteiger partial charge in [0.05, 0.1) is 19.3 Å². The van der Waals surface area contributed by atoms with Crippen LogP contribution < -0.4 is 26.6 Å². The van der Waals surface area contributed by atoms with Crippen LogP contribution in [0, 0.1) is 0 Å². The van der Waals surface area contributed by atoms with Crippen LogP contribution in [0.1, 0.15) is 35.7 Å². The third kappa shape index (κ3) is 4.87. The highest BCUT2D eigenvalue weighted by Gasteiger charge is 2.27. The summed E-state index contributed by atoms with van der Waals surface area (Å²) in [5.41, 5.74) is 6.33. The van der Waals surface area contributed by atoms with Crippen molar-refractivity contribution in [2.75, 3.05) is 17.7 Å². The maximum Gasteiger partial charge on any atom is 0.330 e. The molecule has 0 unspecified atom stereocenters. The van der Waals surface area contributed by atoms with E-state index in [0.717, 1.165) is 6.42 Å². The van der Waals surface area contributed by atoms with Gasteiger partial charge in [0.15, 0.2) is 5.69 Å².